The van der Waals surface area contributed by atoms with Crippen molar-refractivity contribution in [2.45, 2.75) is 0 Å². The number of anilines is 1. The Morgan fingerprint density at radius 1 is 1.60 bits per heavy atom. The molecule has 15 heavy (non-hydrogen) atoms. The lowest BCUT2D eigenvalue weighted by Crippen LogP contribution is -2.29. The van der Waals surface area contributed by atoms with Gasteiger partial charge in [0, 0.05) is 24.8 Å². The summed E-state index contributed by atoms with van der Waals surface area (Å²) in [7, 11) is 0. The Hall–Kier alpha value is -2.11. The van der Waals surface area contributed by atoms with E-state index in [1.807, 2.05) is 0 Å². The minimum absolute atomic E-state index is 0.0136. The zero-order chi connectivity index (χ0) is 10.8. The number of amides is 2. The van der Waals surface area contributed by atoms with Crippen molar-refractivity contribution in [2.24, 2.45) is 0 Å². The third kappa shape index (κ3) is 1.74. The molecule has 2 heterocycles. The SMILES string of the molecule is O=C([O-])c1ccnc(N2CCNC2=O)c1. The first-order valence-electron chi connectivity index (χ1n) is 4.41. The van der Waals surface area contributed by atoms with Gasteiger partial charge in [-0.3, -0.25) is 4.90 Å². The van der Waals surface area contributed by atoms with E-state index in [-0.39, 0.29) is 11.6 Å². The molecule has 1 aliphatic rings. The second-order valence-electron chi connectivity index (χ2n) is 3.07. The van der Waals surface area contributed by atoms with E-state index in [9.17, 15) is 14.7 Å². The van der Waals surface area contributed by atoms with E-state index < -0.39 is 5.97 Å². The van der Waals surface area contributed by atoms with Crippen LogP contribution < -0.4 is 15.3 Å². The van der Waals surface area contributed by atoms with Crippen LogP contribution in [0.15, 0.2) is 18.3 Å². The normalized spacial score (nSPS) is 15.2. The Kier molecular flexibility index (Phi) is 2.24. The third-order valence-electron chi connectivity index (χ3n) is 2.11. The lowest BCUT2D eigenvalue weighted by Gasteiger charge is -2.13. The largest absolute Gasteiger partial charge is 0.545 e. The Morgan fingerprint density at radius 2 is 2.40 bits per heavy atom. The number of rotatable bonds is 2. The van der Waals surface area contributed by atoms with Crippen LogP contribution in [0.4, 0.5) is 10.6 Å². The lowest BCUT2D eigenvalue weighted by molar-refractivity contribution is -0.255. The third-order valence-corrected chi connectivity index (χ3v) is 2.11. The van der Waals surface area contributed by atoms with E-state index >= 15 is 0 Å². The first kappa shape index (κ1) is 9.45. The molecule has 6 heteroatoms. The maximum Gasteiger partial charge on any atom is 0.323 e. The van der Waals surface area contributed by atoms with E-state index in [4.69, 9.17) is 0 Å². The van der Waals surface area contributed by atoms with Crippen LogP contribution in [0.25, 0.3) is 0 Å². The molecular weight excluding hydrogens is 198 g/mol. The van der Waals surface area contributed by atoms with Crippen LogP contribution in [0.1, 0.15) is 10.4 Å². The number of carbonyl (C=O) groups excluding carboxylic acids is 2. The van der Waals surface area contributed by atoms with Gasteiger partial charge in [-0.2, -0.15) is 0 Å². The summed E-state index contributed by atoms with van der Waals surface area (Å²) in [6, 6.07) is 2.38. The Labute approximate surface area is 85.5 Å². The zero-order valence-corrected chi connectivity index (χ0v) is 7.77. The molecule has 78 valence electrons. The molecule has 0 atom stereocenters. The Bertz CT molecular complexity index is 419. The van der Waals surface area contributed by atoms with Gasteiger partial charge in [-0.15, -0.1) is 0 Å². The topological polar surface area (TPSA) is 85.4 Å². The molecule has 1 aromatic rings. The average molecular weight is 206 g/mol. The van der Waals surface area contributed by atoms with Crippen LogP contribution in [-0.2, 0) is 0 Å². The molecule has 1 aliphatic heterocycles. The number of urea groups is 1. The van der Waals surface area contributed by atoms with Crippen LogP contribution >= 0.6 is 0 Å². The number of nitrogens with one attached hydrogen (secondary N) is 1. The fourth-order valence-electron chi connectivity index (χ4n) is 1.38. The summed E-state index contributed by atoms with van der Waals surface area (Å²) in [6.07, 6.45) is 1.34. The maximum atomic E-state index is 11.3. The van der Waals surface area contributed by atoms with E-state index in [0.717, 1.165) is 0 Å². The number of carboxylic acids is 1. The standard InChI is InChI=1S/C9H9N3O3/c13-8(14)6-1-2-10-7(5-6)12-4-3-11-9(12)15/h1-2,5H,3-4H2,(H,11,15)(H,13,14)/p-1. The van der Waals surface area contributed by atoms with Crippen LogP contribution in [0.2, 0.25) is 0 Å². The molecule has 1 saturated heterocycles. The van der Waals surface area contributed by atoms with E-state index in [2.05, 4.69) is 10.3 Å². The van der Waals surface area contributed by atoms with E-state index in [1.54, 1.807) is 0 Å². The van der Waals surface area contributed by atoms with Crippen LogP contribution in [-0.4, -0.2) is 30.1 Å². The molecule has 2 amide bonds. The molecular formula is C9H8N3O3-. The van der Waals surface area contributed by atoms with Gasteiger partial charge in [0.15, 0.2) is 0 Å². The maximum absolute atomic E-state index is 11.3. The highest BCUT2D eigenvalue weighted by Gasteiger charge is 2.22. The van der Waals surface area contributed by atoms with Crippen molar-refractivity contribution in [3.05, 3.63) is 23.9 Å². The fourth-order valence-corrected chi connectivity index (χ4v) is 1.38. The summed E-state index contributed by atoms with van der Waals surface area (Å²) in [4.78, 5) is 27.2. The second kappa shape index (κ2) is 3.56. The van der Waals surface area contributed by atoms with Gasteiger partial charge in [-0.05, 0) is 12.1 Å². The Balaban J connectivity index is 2.32. The zero-order valence-electron chi connectivity index (χ0n) is 7.77. The van der Waals surface area contributed by atoms with Gasteiger partial charge >= 0.3 is 6.03 Å². The molecule has 0 radical (unpaired) electrons. The predicted octanol–water partition coefficient (Wildman–Crippen LogP) is -1.03. The fraction of sp³-hybridized carbons (Fsp3) is 0.222. The first-order chi connectivity index (χ1) is 7.18. The van der Waals surface area contributed by atoms with Gasteiger partial charge in [0.2, 0.25) is 0 Å². The van der Waals surface area contributed by atoms with Gasteiger partial charge < -0.3 is 15.2 Å². The molecule has 2 rings (SSSR count). The monoisotopic (exact) mass is 206 g/mol. The van der Waals surface area contributed by atoms with Crippen molar-refractivity contribution in [1.82, 2.24) is 10.3 Å². The number of nitrogens with zero attached hydrogens (tertiary/aromatic N) is 2. The summed E-state index contributed by atoms with van der Waals surface area (Å²) in [5.41, 5.74) is 0.0136. The molecule has 6 nitrogen and oxygen atoms in total. The lowest BCUT2D eigenvalue weighted by atomic mass is 10.2. The van der Waals surface area contributed by atoms with Gasteiger partial charge in [-0.25, -0.2) is 9.78 Å². The quantitative estimate of drug-likeness (QED) is 0.670. The molecule has 1 N–H and O–H groups in total. The molecule has 0 unspecified atom stereocenters. The van der Waals surface area contributed by atoms with Crippen molar-refractivity contribution in [2.75, 3.05) is 18.0 Å². The highest BCUT2D eigenvalue weighted by Crippen LogP contribution is 2.14. The highest BCUT2D eigenvalue weighted by molar-refractivity contribution is 5.94. The minimum Gasteiger partial charge on any atom is -0.545 e. The van der Waals surface area contributed by atoms with E-state index in [0.29, 0.717) is 18.9 Å². The molecule has 0 bridgehead atoms. The summed E-state index contributed by atoms with van der Waals surface area (Å²) in [5, 5.41) is 13.2. The van der Waals surface area contributed by atoms with Crippen LogP contribution in [0.5, 0.6) is 0 Å². The number of aromatic nitrogens is 1. The first-order valence-corrected chi connectivity index (χ1v) is 4.41. The van der Waals surface area contributed by atoms with Crippen molar-refractivity contribution in [3.63, 3.8) is 0 Å². The number of hydrogen-bond acceptors (Lipinski definition) is 4. The summed E-state index contributed by atoms with van der Waals surface area (Å²) >= 11 is 0. The van der Waals surface area contributed by atoms with Gasteiger partial charge in [-0.1, -0.05) is 0 Å². The number of aromatic carboxylic acids is 1. The van der Waals surface area contributed by atoms with Crippen molar-refractivity contribution in [3.8, 4) is 0 Å². The second-order valence-corrected chi connectivity index (χ2v) is 3.07. The molecule has 0 aliphatic carbocycles. The summed E-state index contributed by atoms with van der Waals surface area (Å²) < 4.78 is 0. The molecule has 1 aromatic heterocycles. The number of pyridine rings is 1. The Morgan fingerprint density at radius 3 is 3.00 bits per heavy atom. The van der Waals surface area contributed by atoms with Crippen LogP contribution in [0, 0.1) is 0 Å². The minimum atomic E-state index is -1.28. The molecule has 0 saturated carbocycles. The molecule has 0 aromatic carbocycles. The van der Waals surface area contributed by atoms with Crippen molar-refractivity contribution >= 4 is 17.8 Å². The summed E-state index contributed by atoms with van der Waals surface area (Å²) in [6.45, 7) is 1.03. The number of carboxylic acid groups (broad SMARTS) is 1. The van der Waals surface area contributed by atoms with E-state index in [1.165, 1.54) is 23.2 Å². The van der Waals surface area contributed by atoms with Crippen molar-refractivity contribution in [1.29, 1.82) is 0 Å². The van der Waals surface area contributed by atoms with Gasteiger partial charge in [0.25, 0.3) is 0 Å². The smallest absolute Gasteiger partial charge is 0.323 e. The number of hydrogen-bond donors (Lipinski definition) is 1. The average Bonchev–Trinajstić information content (AvgIpc) is 2.64. The van der Waals surface area contributed by atoms with Crippen LogP contribution in [0.3, 0.4) is 0 Å². The molecule has 0 spiro atoms. The number of carbonyl (C=O) groups is 2. The molecule has 1 fully saturated rings. The summed E-state index contributed by atoms with van der Waals surface area (Å²) in [5.74, 6) is -0.954. The highest BCUT2D eigenvalue weighted by atomic mass is 16.4. The predicted molar refractivity (Wildman–Crippen MR) is 49.3 cm³/mol. The van der Waals surface area contributed by atoms with Gasteiger partial charge in [0.1, 0.15) is 5.82 Å². The van der Waals surface area contributed by atoms with Crippen molar-refractivity contribution < 1.29 is 14.7 Å². The van der Waals surface area contributed by atoms with Gasteiger partial charge in [0.05, 0.1) is 5.97 Å².